The number of fused-ring (bicyclic) bond motifs is 1. The predicted molar refractivity (Wildman–Crippen MR) is 128 cm³/mol. The molecule has 0 saturated heterocycles. The summed E-state index contributed by atoms with van der Waals surface area (Å²) in [5.41, 5.74) is 0.921. The van der Waals surface area contributed by atoms with Crippen LogP contribution in [0.5, 0.6) is 0 Å². The first kappa shape index (κ1) is 21.8. The minimum atomic E-state index is -0.323. The van der Waals surface area contributed by atoms with Gasteiger partial charge in [-0.05, 0) is 38.1 Å². The van der Waals surface area contributed by atoms with Crippen molar-refractivity contribution in [3.8, 4) is 0 Å². The van der Waals surface area contributed by atoms with Crippen molar-refractivity contribution < 1.29 is 9.59 Å². The lowest BCUT2D eigenvalue weighted by atomic mass is 10.1. The molecule has 2 aromatic carbocycles. The normalized spacial score (nSPS) is 14.4. The number of amides is 2. The highest BCUT2D eigenvalue weighted by atomic mass is 32.2. The van der Waals surface area contributed by atoms with E-state index < -0.39 is 0 Å². The van der Waals surface area contributed by atoms with Gasteiger partial charge in [0.1, 0.15) is 0 Å². The van der Waals surface area contributed by atoms with Crippen LogP contribution < -0.4 is 9.80 Å². The third-order valence-corrected chi connectivity index (χ3v) is 7.44. The Labute approximate surface area is 190 Å². The summed E-state index contributed by atoms with van der Waals surface area (Å²) in [7, 11) is 0. The average molecular weight is 455 g/mol. The Morgan fingerprint density at radius 2 is 1.87 bits per heavy atom. The van der Waals surface area contributed by atoms with E-state index in [1.807, 2.05) is 56.0 Å². The van der Waals surface area contributed by atoms with Crippen molar-refractivity contribution >= 4 is 56.5 Å². The number of carbonyl (C=O) groups is 2. The quantitative estimate of drug-likeness (QED) is 0.349. The highest BCUT2D eigenvalue weighted by Gasteiger charge is 2.35. The summed E-state index contributed by atoms with van der Waals surface area (Å²) in [6, 6.07) is 14.4. The minimum Gasteiger partial charge on any atom is -0.311 e. The van der Waals surface area contributed by atoms with E-state index in [-0.39, 0.29) is 23.1 Å². The first-order valence-electron chi connectivity index (χ1n) is 10.6. The highest BCUT2D eigenvalue weighted by molar-refractivity contribution is 8.02. The number of hydrogen-bond acceptors (Lipinski definition) is 6. The number of thioether (sulfide) groups is 1. The Balaban J connectivity index is 1.51. The molecule has 2 amide bonds. The van der Waals surface area contributed by atoms with Crippen LogP contribution in [0.25, 0.3) is 10.8 Å². The monoisotopic (exact) mass is 454 g/mol. The molecule has 8 heteroatoms. The number of rotatable bonds is 8. The third-order valence-electron chi connectivity index (χ3n) is 5.35. The summed E-state index contributed by atoms with van der Waals surface area (Å²) < 4.78 is 0.708. The molecule has 4 rings (SSSR count). The fraction of sp³-hybridized carbons (Fsp3) is 0.391. The zero-order valence-corrected chi connectivity index (χ0v) is 19.6. The standard InChI is InChI=1S/C23H26N4O2S2/c1-4-20(28)27(17-13-14-17)22-24-25-23(31-22)30-15(3)21(29)26(5-2)19-12-8-10-16-9-6-7-11-18(16)19/h6-12,15,17H,4-5,13-14H2,1-3H3/t15-/m0/s1. The maximum Gasteiger partial charge on any atom is 0.240 e. The summed E-state index contributed by atoms with van der Waals surface area (Å²) in [5, 5.41) is 11.0. The first-order valence-corrected chi connectivity index (χ1v) is 12.3. The molecule has 1 atom stereocenters. The van der Waals surface area contributed by atoms with Gasteiger partial charge in [-0.15, -0.1) is 10.2 Å². The van der Waals surface area contributed by atoms with Crippen molar-refractivity contribution in [2.45, 2.75) is 55.7 Å². The maximum absolute atomic E-state index is 13.3. The lowest BCUT2D eigenvalue weighted by molar-refractivity contribution is -0.119. The van der Waals surface area contributed by atoms with Gasteiger partial charge in [0.15, 0.2) is 4.34 Å². The van der Waals surface area contributed by atoms with E-state index in [9.17, 15) is 9.59 Å². The lowest BCUT2D eigenvalue weighted by Gasteiger charge is -2.25. The molecule has 0 spiro atoms. The van der Waals surface area contributed by atoms with Gasteiger partial charge in [0.2, 0.25) is 16.9 Å². The summed E-state index contributed by atoms with van der Waals surface area (Å²) in [4.78, 5) is 29.3. The average Bonchev–Trinajstić information content (AvgIpc) is 3.52. The fourth-order valence-corrected chi connectivity index (χ4v) is 5.76. The van der Waals surface area contributed by atoms with Crippen molar-refractivity contribution in [2.24, 2.45) is 0 Å². The molecule has 1 aromatic heterocycles. The molecule has 1 heterocycles. The Bertz CT molecular complexity index is 1090. The molecule has 6 nitrogen and oxygen atoms in total. The van der Waals surface area contributed by atoms with Gasteiger partial charge in [-0.3, -0.25) is 14.5 Å². The second-order valence-corrected chi connectivity index (χ2v) is 10.1. The van der Waals surface area contributed by atoms with Crippen LogP contribution in [0.3, 0.4) is 0 Å². The molecule has 1 fully saturated rings. The van der Waals surface area contributed by atoms with Crippen LogP contribution in [0, 0.1) is 0 Å². The Morgan fingerprint density at radius 3 is 2.58 bits per heavy atom. The summed E-state index contributed by atoms with van der Waals surface area (Å²) in [6.07, 6.45) is 2.47. The van der Waals surface area contributed by atoms with E-state index >= 15 is 0 Å². The Kier molecular flexibility index (Phi) is 6.57. The molecule has 1 aliphatic rings. The number of carbonyl (C=O) groups excluding carboxylic acids is 2. The summed E-state index contributed by atoms with van der Waals surface area (Å²) in [6.45, 7) is 6.34. The van der Waals surface area contributed by atoms with Gasteiger partial charge in [-0.2, -0.15) is 0 Å². The van der Waals surface area contributed by atoms with Crippen LogP contribution in [0.4, 0.5) is 10.8 Å². The second-order valence-electron chi connectivity index (χ2n) is 7.54. The number of aromatic nitrogens is 2. The molecule has 0 aliphatic heterocycles. The van der Waals surface area contributed by atoms with Gasteiger partial charge in [0.25, 0.3) is 0 Å². The molecule has 1 saturated carbocycles. The maximum atomic E-state index is 13.3. The zero-order chi connectivity index (χ0) is 22.0. The fourth-order valence-electron chi connectivity index (χ4n) is 3.63. The number of hydrogen-bond donors (Lipinski definition) is 0. The van der Waals surface area contributed by atoms with E-state index in [1.54, 1.807) is 4.90 Å². The molecule has 0 radical (unpaired) electrons. The number of nitrogens with zero attached hydrogens (tertiary/aromatic N) is 4. The number of benzene rings is 2. The van der Waals surface area contributed by atoms with E-state index in [0.29, 0.717) is 22.4 Å². The van der Waals surface area contributed by atoms with E-state index in [4.69, 9.17) is 0 Å². The molecule has 0 bridgehead atoms. The van der Waals surface area contributed by atoms with Gasteiger partial charge < -0.3 is 4.90 Å². The zero-order valence-electron chi connectivity index (χ0n) is 17.9. The molecule has 0 N–H and O–H groups in total. The molecule has 3 aromatic rings. The minimum absolute atomic E-state index is 0.0317. The van der Waals surface area contributed by atoms with Gasteiger partial charge in [0, 0.05) is 24.4 Å². The van der Waals surface area contributed by atoms with Crippen LogP contribution in [0.2, 0.25) is 0 Å². The van der Waals surface area contributed by atoms with Crippen LogP contribution in [0.15, 0.2) is 46.8 Å². The van der Waals surface area contributed by atoms with Gasteiger partial charge >= 0.3 is 0 Å². The predicted octanol–water partition coefficient (Wildman–Crippen LogP) is 5.13. The SMILES string of the molecule is CCC(=O)N(c1nnc(S[C@@H](C)C(=O)N(CC)c2cccc3ccccc23)s1)C1CC1. The van der Waals surface area contributed by atoms with Crippen LogP contribution in [0.1, 0.15) is 40.0 Å². The third kappa shape index (κ3) is 4.60. The van der Waals surface area contributed by atoms with Crippen molar-refractivity contribution in [1.29, 1.82) is 0 Å². The Hall–Kier alpha value is -2.45. The molecule has 1 aliphatic carbocycles. The van der Waals surface area contributed by atoms with Gasteiger partial charge in [0.05, 0.1) is 10.9 Å². The Morgan fingerprint density at radius 1 is 1.13 bits per heavy atom. The largest absolute Gasteiger partial charge is 0.311 e. The van der Waals surface area contributed by atoms with E-state index in [2.05, 4.69) is 22.3 Å². The molecule has 0 unspecified atom stereocenters. The van der Waals surface area contributed by atoms with E-state index in [0.717, 1.165) is 29.3 Å². The molecule has 162 valence electrons. The summed E-state index contributed by atoms with van der Waals surface area (Å²) >= 11 is 2.79. The smallest absolute Gasteiger partial charge is 0.240 e. The van der Waals surface area contributed by atoms with Gasteiger partial charge in [-0.25, -0.2) is 0 Å². The highest BCUT2D eigenvalue weighted by Crippen LogP contribution is 2.38. The topological polar surface area (TPSA) is 66.4 Å². The van der Waals surface area contributed by atoms with Crippen LogP contribution in [-0.4, -0.2) is 39.8 Å². The van der Waals surface area contributed by atoms with Crippen molar-refractivity contribution in [2.75, 3.05) is 16.3 Å². The van der Waals surface area contributed by atoms with Crippen molar-refractivity contribution in [3.63, 3.8) is 0 Å². The van der Waals surface area contributed by atoms with Gasteiger partial charge in [-0.1, -0.05) is 66.4 Å². The van der Waals surface area contributed by atoms with Crippen molar-refractivity contribution in [1.82, 2.24) is 10.2 Å². The second kappa shape index (κ2) is 9.36. The summed E-state index contributed by atoms with van der Waals surface area (Å²) in [5.74, 6) is 0.108. The lowest BCUT2D eigenvalue weighted by Crippen LogP contribution is -2.36. The first-order chi connectivity index (χ1) is 15.0. The number of anilines is 2. The molecular weight excluding hydrogens is 428 g/mol. The molecule has 31 heavy (non-hydrogen) atoms. The van der Waals surface area contributed by atoms with Crippen LogP contribution in [-0.2, 0) is 9.59 Å². The van der Waals surface area contributed by atoms with E-state index in [1.165, 1.54) is 23.1 Å². The van der Waals surface area contributed by atoms with Crippen molar-refractivity contribution in [3.05, 3.63) is 42.5 Å². The molecular formula is C23H26N4O2S2. The van der Waals surface area contributed by atoms with Crippen LogP contribution >= 0.6 is 23.1 Å².